The van der Waals surface area contributed by atoms with Gasteiger partial charge in [-0.3, -0.25) is 19.8 Å². The molecule has 0 saturated carbocycles. The molecule has 1 aliphatic heterocycles. The standard InChI is InChI=1S/C26H22N4O3S2/c27-25-28-26(20-8-3-1-4-9-20,21-10-5-2-6-11-21)24(31)30(25)18-19-13-15-22(16-14-19)29-35(32,33)23-12-7-17-34-23/h1-17,29H,18H2,(H2,27,28). The number of rotatable bonds is 7. The number of hydrogen-bond donors (Lipinski definition) is 3. The fourth-order valence-electron chi connectivity index (χ4n) is 4.17. The van der Waals surface area contributed by atoms with Crippen LogP contribution in [0.25, 0.3) is 0 Å². The second kappa shape index (κ2) is 9.01. The lowest BCUT2D eigenvalue weighted by Crippen LogP contribution is -2.45. The van der Waals surface area contributed by atoms with E-state index in [-0.39, 0.29) is 22.6 Å². The molecule has 9 heteroatoms. The van der Waals surface area contributed by atoms with Crippen molar-refractivity contribution >= 4 is 38.9 Å². The Labute approximate surface area is 207 Å². The average Bonchev–Trinajstić information content (AvgIpc) is 3.51. The molecule has 0 atom stereocenters. The molecule has 35 heavy (non-hydrogen) atoms. The van der Waals surface area contributed by atoms with E-state index in [0.29, 0.717) is 5.69 Å². The minimum atomic E-state index is -3.64. The highest BCUT2D eigenvalue weighted by Gasteiger charge is 2.52. The summed E-state index contributed by atoms with van der Waals surface area (Å²) >= 11 is 1.14. The molecule has 0 unspecified atom stereocenters. The van der Waals surface area contributed by atoms with Gasteiger partial charge in [0.2, 0.25) is 0 Å². The lowest BCUT2D eigenvalue weighted by Gasteiger charge is -2.28. The van der Waals surface area contributed by atoms with Gasteiger partial charge in [-0.2, -0.15) is 0 Å². The molecule has 1 aliphatic rings. The first-order valence-electron chi connectivity index (χ1n) is 10.9. The second-order valence-corrected chi connectivity index (χ2v) is 10.9. The molecule has 1 aromatic heterocycles. The van der Waals surface area contributed by atoms with Gasteiger partial charge in [-0.05, 0) is 40.3 Å². The van der Waals surface area contributed by atoms with Gasteiger partial charge in [0.05, 0.1) is 6.54 Å². The Morgan fingerprint density at radius 1 is 0.857 bits per heavy atom. The smallest absolute Gasteiger partial charge is 0.271 e. The minimum absolute atomic E-state index is 0.00480. The summed E-state index contributed by atoms with van der Waals surface area (Å²) in [5, 5.41) is 13.4. The van der Waals surface area contributed by atoms with Gasteiger partial charge in [-0.15, -0.1) is 11.3 Å². The van der Waals surface area contributed by atoms with Crippen LogP contribution < -0.4 is 10.0 Å². The van der Waals surface area contributed by atoms with E-state index in [1.54, 1.807) is 41.8 Å². The van der Waals surface area contributed by atoms with Crippen LogP contribution in [0.2, 0.25) is 0 Å². The number of nitrogens with one attached hydrogen (secondary N) is 3. The zero-order valence-corrected chi connectivity index (χ0v) is 20.1. The van der Waals surface area contributed by atoms with Gasteiger partial charge in [-0.1, -0.05) is 78.9 Å². The van der Waals surface area contributed by atoms with Crippen LogP contribution in [0.15, 0.2) is 107 Å². The molecule has 7 nitrogen and oxygen atoms in total. The van der Waals surface area contributed by atoms with Gasteiger partial charge in [0.15, 0.2) is 11.5 Å². The molecule has 0 spiro atoms. The summed E-state index contributed by atoms with van der Waals surface area (Å²) in [6.07, 6.45) is 0. The predicted molar refractivity (Wildman–Crippen MR) is 137 cm³/mol. The van der Waals surface area contributed by atoms with Crippen LogP contribution in [-0.2, 0) is 26.9 Å². The van der Waals surface area contributed by atoms with Crippen molar-refractivity contribution in [2.45, 2.75) is 16.3 Å². The third-order valence-corrected chi connectivity index (χ3v) is 8.64. The third-order valence-electron chi connectivity index (χ3n) is 5.86. The maximum Gasteiger partial charge on any atom is 0.271 e. The normalized spacial score (nSPS) is 15.1. The molecule has 0 bridgehead atoms. The number of amides is 1. The van der Waals surface area contributed by atoms with Gasteiger partial charge >= 0.3 is 0 Å². The molecule has 2 heterocycles. The fraction of sp³-hybridized carbons (Fsp3) is 0.0769. The first kappa shape index (κ1) is 22.8. The van der Waals surface area contributed by atoms with E-state index >= 15 is 0 Å². The Balaban J connectivity index is 1.40. The number of guanidine groups is 1. The van der Waals surface area contributed by atoms with E-state index in [1.165, 1.54) is 4.90 Å². The quantitative estimate of drug-likeness (QED) is 0.349. The predicted octanol–water partition coefficient (Wildman–Crippen LogP) is 4.36. The number of anilines is 1. The van der Waals surface area contributed by atoms with Crippen molar-refractivity contribution in [1.82, 2.24) is 10.2 Å². The Morgan fingerprint density at radius 2 is 1.46 bits per heavy atom. The molecule has 0 aliphatic carbocycles. The van der Waals surface area contributed by atoms with E-state index in [0.717, 1.165) is 28.0 Å². The van der Waals surface area contributed by atoms with E-state index < -0.39 is 15.6 Å². The Kier molecular flexibility index (Phi) is 5.88. The van der Waals surface area contributed by atoms with Crippen LogP contribution in [0, 0.1) is 5.41 Å². The maximum atomic E-state index is 13.9. The number of benzene rings is 3. The zero-order valence-electron chi connectivity index (χ0n) is 18.5. The number of nitrogens with zero attached hydrogens (tertiary/aromatic N) is 1. The van der Waals surface area contributed by atoms with Crippen molar-refractivity contribution in [3.8, 4) is 0 Å². The van der Waals surface area contributed by atoms with Crippen molar-refractivity contribution in [2.24, 2.45) is 0 Å². The molecule has 1 amide bonds. The average molecular weight is 503 g/mol. The van der Waals surface area contributed by atoms with E-state index in [1.807, 2.05) is 60.7 Å². The van der Waals surface area contributed by atoms with Crippen LogP contribution >= 0.6 is 11.3 Å². The van der Waals surface area contributed by atoms with E-state index in [9.17, 15) is 13.2 Å². The molecule has 1 saturated heterocycles. The molecule has 4 aromatic rings. The fourth-order valence-corrected chi connectivity index (χ4v) is 6.22. The monoisotopic (exact) mass is 502 g/mol. The van der Waals surface area contributed by atoms with E-state index in [4.69, 9.17) is 5.41 Å². The van der Waals surface area contributed by atoms with Crippen LogP contribution in [0.3, 0.4) is 0 Å². The van der Waals surface area contributed by atoms with Gasteiger partial charge in [-0.25, -0.2) is 8.42 Å². The highest BCUT2D eigenvalue weighted by Crippen LogP contribution is 2.36. The van der Waals surface area contributed by atoms with Crippen LogP contribution in [0.4, 0.5) is 5.69 Å². The molecule has 176 valence electrons. The molecule has 0 radical (unpaired) electrons. The number of thiophene rings is 1. The molecule has 3 aromatic carbocycles. The largest absolute Gasteiger partial charge is 0.334 e. The molecule has 3 N–H and O–H groups in total. The number of hydrogen-bond acceptors (Lipinski definition) is 5. The third kappa shape index (κ3) is 4.20. The highest BCUT2D eigenvalue weighted by atomic mass is 32.2. The second-order valence-electron chi connectivity index (χ2n) is 8.08. The van der Waals surface area contributed by atoms with Crippen molar-refractivity contribution in [3.05, 3.63) is 119 Å². The summed E-state index contributed by atoms with van der Waals surface area (Å²) < 4.78 is 27.7. The van der Waals surface area contributed by atoms with Crippen LogP contribution in [0.1, 0.15) is 16.7 Å². The summed E-state index contributed by atoms with van der Waals surface area (Å²) in [4.78, 5) is 15.3. The molecule has 5 rings (SSSR count). The lowest BCUT2D eigenvalue weighted by atomic mass is 9.82. The summed E-state index contributed by atoms with van der Waals surface area (Å²) in [6, 6.07) is 28.8. The van der Waals surface area contributed by atoms with E-state index in [2.05, 4.69) is 10.0 Å². The Bertz CT molecular complexity index is 1410. The van der Waals surface area contributed by atoms with Gasteiger partial charge in [0.25, 0.3) is 15.9 Å². The summed E-state index contributed by atoms with van der Waals surface area (Å²) in [7, 11) is -3.64. The number of carbonyl (C=O) groups excluding carboxylic acids is 1. The van der Waals surface area contributed by atoms with Gasteiger partial charge in [0.1, 0.15) is 4.21 Å². The Morgan fingerprint density at radius 3 is 2.00 bits per heavy atom. The molecular formula is C26H22N4O3S2. The molecule has 1 fully saturated rings. The summed E-state index contributed by atoms with van der Waals surface area (Å²) in [5.74, 6) is -0.243. The van der Waals surface area contributed by atoms with Gasteiger partial charge in [0, 0.05) is 5.69 Å². The highest BCUT2D eigenvalue weighted by molar-refractivity contribution is 7.94. The van der Waals surface area contributed by atoms with Crippen molar-refractivity contribution in [3.63, 3.8) is 0 Å². The van der Waals surface area contributed by atoms with Gasteiger partial charge < -0.3 is 5.32 Å². The summed E-state index contributed by atoms with van der Waals surface area (Å²) in [6.45, 7) is 0.171. The SMILES string of the molecule is N=C1NC(c2ccccc2)(c2ccccc2)C(=O)N1Cc1ccc(NS(=O)(=O)c2cccs2)cc1. The molecular weight excluding hydrogens is 480 g/mol. The lowest BCUT2D eigenvalue weighted by molar-refractivity contribution is -0.130. The minimum Gasteiger partial charge on any atom is -0.334 e. The van der Waals surface area contributed by atoms with Crippen molar-refractivity contribution in [2.75, 3.05) is 4.72 Å². The topological polar surface area (TPSA) is 102 Å². The van der Waals surface area contributed by atoms with Crippen molar-refractivity contribution < 1.29 is 13.2 Å². The van der Waals surface area contributed by atoms with Crippen molar-refractivity contribution in [1.29, 1.82) is 5.41 Å². The summed E-state index contributed by atoms with van der Waals surface area (Å²) in [5.41, 5.74) is 1.49. The first-order valence-corrected chi connectivity index (χ1v) is 13.2. The van der Waals surface area contributed by atoms with Crippen LogP contribution in [0.5, 0.6) is 0 Å². The number of carbonyl (C=O) groups is 1. The number of sulfonamides is 1. The zero-order chi connectivity index (χ0) is 24.5. The Hall–Kier alpha value is -3.95. The van der Waals surface area contributed by atoms with Crippen LogP contribution in [-0.4, -0.2) is 25.2 Å². The maximum absolute atomic E-state index is 13.9. The first-order chi connectivity index (χ1) is 16.9.